The average Bonchev–Trinajstić information content (AvgIpc) is 3.49. The van der Waals surface area contributed by atoms with E-state index in [0.717, 1.165) is 109 Å². The van der Waals surface area contributed by atoms with Crippen LogP contribution in [0.3, 0.4) is 0 Å². The van der Waals surface area contributed by atoms with Gasteiger partial charge >= 0.3 is 17.9 Å². The first-order valence-corrected chi connectivity index (χ1v) is 36.4. The van der Waals surface area contributed by atoms with Crippen LogP contribution in [0.2, 0.25) is 0 Å². The molecule has 0 heterocycles. The number of unbranched alkanes of at least 4 members (excludes halogenated alkanes) is 44. The van der Waals surface area contributed by atoms with Gasteiger partial charge in [-0.25, -0.2) is 0 Å². The highest BCUT2D eigenvalue weighted by Gasteiger charge is 2.19. The summed E-state index contributed by atoms with van der Waals surface area (Å²) in [5.74, 6) is -0.887. The van der Waals surface area contributed by atoms with E-state index in [1.807, 2.05) is 0 Å². The summed E-state index contributed by atoms with van der Waals surface area (Å²) in [5, 5.41) is 0. The number of rotatable bonds is 67. The Morgan fingerprint density at radius 2 is 0.494 bits per heavy atom. The van der Waals surface area contributed by atoms with E-state index >= 15 is 0 Å². The van der Waals surface area contributed by atoms with E-state index in [1.165, 1.54) is 231 Å². The molecular formula is C77H138O6. The van der Waals surface area contributed by atoms with Gasteiger partial charge in [-0.3, -0.25) is 14.4 Å². The molecule has 0 aliphatic carbocycles. The Balaban J connectivity index is 4.09. The number of hydrogen-bond acceptors (Lipinski definition) is 6. The molecule has 0 spiro atoms. The van der Waals surface area contributed by atoms with Crippen molar-refractivity contribution in [2.24, 2.45) is 0 Å². The summed E-state index contributed by atoms with van der Waals surface area (Å²) in [4.78, 5) is 38.4. The second-order valence-corrected chi connectivity index (χ2v) is 24.5. The lowest BCUT2D eigenvalue weighted by molar-refractivity contribution is -0.167. The highest BCUT2D eigenvalue weighted by molar-refractivity contribution is 5.71. The lowest BCUT2D eigenvalue weighted by Crippen LogP contribution is -2.30. The lowest BCUT2D eigenvalue weighted by atomic mass is 10.0. The molecule has 0 rings (SSSR count). The zero-order valence-corrected chi connectivity index (χ0v) is 55.5. The lowest BCUT2D eigenvalue weighted by Gasteiger charge is -2.18. The Morgan fingerprint density at radius 3 is 0.795 bits per heavy atom. The molecule has 0 radical (unpaired) electrons. The second-order valence-electron chi connectivity index (χ2n) is 24.5. The molecule has 0 bridgehead atoms. The molecule has 0 amide bonds. The monoisotopic (exact) mass is 1160 g/mol. The Labute approximate surface area is 516 Å². The van der Waals surface area contributed by atoms with Crippen LogP contribution in [0.4, 0.5) is 0 Å². The molecule has 0 aliphatic rings. The molecular weight excluding hydrogens is 1020 g/mol. The predicted octanol–water partition coefficient (Wildman–Crippen LogP) is 25.2. The number of carbonyl (C=O) groups excluding carboxylic acids is 3. The van der Waals surface area contributed by atoms with Gasteiger partial charge in [-0.15, -0.1) is 0 Å². The van der Waals surface area contributed by atoms with Gasteiger partial charge in [-0.05, 0) is 103 Å². The number of ether oxygens (including phenoxy) is 3. The van der Waals surface area contributed by atoms with Crippen molar-refractivity contribution in [2.75, 3.05) is 13.2 Å². The second kappa shape index (κ2) is 71.3. The van der Waals surface area contributed by atoms with E-state index in [1.54, 1.807) is 0 Å². The van der Waals surface area contributed by atoms with Gasteiger partial charge < -0.3 is 14.2 Å². The molecule has 1 unspecified atom stereocenters. The van der Waals surface area contributed by atoms with Crippen LogP contribution in [0.15, 0.2) is 72.9 Å². The van der Waals surface area contributed by atoms with Crippen molar-refractivity contribution in [1.29, 1.82) is 0 Å². The summed E-state index contributed by atoms with van der Waals surface area (Å²) in [6.07, 6.45) is 93.9. The maximum Gasteiger partial charge on any atom is 0.306 e. The first kappa shape index (κ1) is 79.8. The third-order valence-corrected chi connectivity index (χ3v) is 16.1. The van der Waals surface area contributed by atoms with Crippen molar-refractivity contribution in [3.05, 3.63) is 72.9 Å². The van der Waals surface area contributed by atoms with E-state index in [4.69, 9.17) is 14.2 Å². The molecule has 6 heteroatoms. The Hall–Kier alpha value is -3.15. The van der Waals surface area contributed by atoms with E-state index in [9.17, 15) is 14.4 Å². The van der Waals surface area contributed by atoms with Gasteiger partial charge in [0.15, 0.2) is 6.10 Å². The molecule has 0 fully saturated rings. The molecule has 83 heavy (non-hydrogen) atoms. The van der Waals surface area contributed by atoms with Gasteiger partial charge in [0, 0.05) is 19.3 Å². The minimum Gasteiger partial charge on any atom is -0.462 e. The van der Waals surface area contributed by atoms with Crippen molar-refractivity contribution in [1.82, 2.24) is 0 Å². The topological polar surface area (TPSA) is 78.9 Å². The van der Waals surface area contributed by atoms with E-state index < -0.39 is 6.10 Å². The van der Waals surface area contributed by atoms with Crippen LogP contribution in [0.1, 0.15) is 380 Å². The maximum atomic E-state index is 12.9. The van der Waals surface area contributed by atoms with Crippen LogP contribution in [-0.4, -0.2) is 37.2 Å². The molecule has 0 saturated heterocycles. The summed E-state index contributed by atoms with van der Waals surface area (Å²) in [5.41, 5.74) is 0. The molecule has 6 nitrogen and oxygen atoms in total. The molecule has 482 valence electrons. The molecule has 0 saturated carbocycles. The van der Waals surface area contributed by atoms with Crippen molar-refractivity contribution in [3.8, 4) is 0 Å². The van der Waals surface area contributed by atoms with Crippen molar-refractivity contribution in [2.45, 2.75) is 386 Å². The fourth-order valence-corrected chi connectivity index (χ4v) is 10.7. The fraction of sp³-hybridized carbons (Fsp3) is 0.805. The van der Waals surface area contributed by atoms with Crippen molar-refractivity contribution < 1.29 is 28.6 Å². The Bertz CT molecular complexity index is 1520. The van der Waals surface area contributed by atoms with Crippen LogP contribution in [0.25, 0.3) is 0 Å². The Kier molecular flexibility index (Phi) is 68.6. The minimum absolute atomic E-state index is 0.0810. The number of allylic oxidation sites excluding steroid dienone is 12. The SMILES string of the molecule is CC/C=C\C/C=C\C/C=C\CCCCCCCCCC(=O)OC(COC(=O)CCCCCCC/C=C\C/C=C\CCC)COC(=O)CCCCCCCCCCCCCCCCCCCCCCCCC/C=C\CCCCCCCCCC. The summed E-state index contributed by atoms with van der Waals surface area (Å²) in [6.45, 7) is 6.49. The standard InChI is InChI=1S/C77H138O6/c1-4-7-10-13-16-19-22-25-27-29-30-31-32-33-34-35-36-37-38-39-40-41-42-43-44-45-46-48-49-52-55-58-61-64-67-70-76(79)82-73-74(72-81-75(78)69-66-63-60-57-54-51-24-21-18-15-12-9-6-3)83-77(80)71-68-65-62-59-56-53-50-47-28-26-23-20-17-14-11-8-5-2/h8,11-12,15,17,20-21,24,26,28-30,74H,4-7,9-10,13-14,16,18-19,22-23,25,27,31-73H2,1-3H3/b11-8-,15-12-,20-17-,24-21-,28-26-,30-29-. The molecule has 0 aromatic rings. The van der Waals surface area contributed by atoms with Gasteiger partial charge in [0.05, 0.1) is 0 Å². The zero-order chi connectivity index (χ0) is 59.9. The van der Waals surface area contributed by atoms with Gasteiger partial charge in [0.2, 0.25) is 0 Å². The van der Waals surface area contributed by atoms with Crippen LogP contribution in [0, 0.1) is 0 Å². The summed E-state index contributed by atoms with van der Waals surface area (Å²) in [6, 6.07) is 0. The average molecular weight is 1160 g/mol. The third kappa shape index (κ3) is 69.5. The first-order chi connectivity index (χ1) is 41.0. The van der Waals surface area contributed by atoms with Gasteiger partial charge in [-0.2, -0.15) is 0 Å². The van der Waals surface area contributed by atoms with Crippen LogP contribution < -0.4 is 0 Å². The summed E-state index contributed by atoms with van der Waals surface area (Å²) in [7, 11) is 0. The zero-order valence-electron chi connectivity index (χ0n) is 55.5. The quantitative estimate of drug-likeness (QED) is 0.0261. The van der Waals surface area contributed by atoms with E-state index in [2.05, 4.69) is 93.7 Å². The number of carbonyl (C=O) groups is 3. The van der Waals surface area contributed by atoms with E-state index in [-0.39, 0.29) is 31.1 Å². The largest absolute Gasteiger partial charge is 0.462 e. The highest BCUT2D eigenvalue weighted by atomic mass is 16.6. The van der Waals surface area contributed by atoms with Gasteiger partial charge in [0.25, 0.3) is 0 Å². The van der Waals surface area contributed by atoms with Crippen LogP contribution in [-0.2, 0) is 28.6 Å². The normalized spacial score (nSPS) is 12.5. The number of hydrogen-bond donors (Lipinski definition) is 0. The first-order valence-electron chi connectivity index (χ1n) is 36.4. The molecule has 0 aromatic heterocycles. The predicted molar refractivity (Wildman–Crippen MR) is 362 cm³/mol. The van der Waals surface area contributed by atoms with Crippen LogP contribution in [0.5, 0.6) is 0 Å². The third-order valence-electron chi connectivity index (χ3n) is 16.1. The summed E-state index contributed by atoms with van der Waals surface area (Å²) >= 11 is 0. The minimum atomic E-state index is -0.787. The fourth-order valence-electron chi connectivity index (χ4n) is 10.7. The molecule has 0 aliphatic heterocycles. The van der Waals surface area contributed by atoms with Gasteiger partial charge in [-0.1, -0.05) is 331 Å². The van der Waals surface area contributed by atoms with Crippen molar-refractivity contribution >= 4 is 17.9 Å². The molecule has 0 aromatic carbocycles. The Morgan fingerprint density at radius 1 is 0.253 bits per heavy atom. The maximum absolute atomic E-state index is 12.9. The van der Waals surface area contributed by atoms with Crippen LogP contribution >= 0.6 is 0 Å². The number of esters is 3. The summed E-state index contributed by atoms with van der Waals surface area (Å²) < 4.78 is 16.9. The molecule has 0 N–H and O–H groups in total. The highest BCUT2D eigenvalue weighted by Crippen LogP contribution is 2.18. The van der Waals surface area contributed by atoms with E-state index in [0.29, 0.717) is 19.3 Å². The molecule has 1 atom stereocenters. The smallest absolute Gasteiger partial charge is 0.306 e. The van der Waals surface area contributed by atoms with Crippen molar-refractivity contribution in [3.63, 3.8) is 0 Å². The van der Waals surface area contributed by atoms with Gasteiger partial charge in [0.1, 0.15) is 13.2 Å².